The smallest absolute Gasteiger partial charge is 0.273 e. The molecule has 0 spiro atoms. The Balaban J connectivity index is 0.00000132. The number of hydrogen-bond donors (Lipinski definition) is 2. The van der Waals surface area contributed by atoms with Crippen LogP contribution in [0.15, 0.2) is 0 Å². The highest BCUT2D eigenvalue weighted by atomic mass is 19.3. The zero-order chi connectivity index (χ0) is 23.2. The van der Waals surface area contributed by atoms with Gasteiger partial charge < -0.3 is 10.2 Å². The lowest BCUT2D eigenvalue weighted by Crippen LogP contribution is -2.55. The third-order valence-electron chi connectivity index (χ3n) is 10.6. The minimum atomic E-state index is -2.96. The lowest BCUT2D eigenvalue weighted by atomic mass is 9.44. The van der Waals surface area contributed by atoms with E-state index in [0.717, 1.165) is 37.5 Å². The van der Waals surface area contributed by atoms with Gasteiger partial charge in [-0.1, -0.05) is 27.7 Å². The van der Waals surface area contributed by atoms with Crippen molar-refractivity contribution in [3.63, 3.8) is 0 Å². The van der Waals surface area contributed by atoms with Gasteiger partial charge in [-0.15, -0.1) is 0 Å². The van der Waals surface area contributed by atoms with Crippen LogP contribution in [0.1, 0.15) is 112 Å². The van der Waals surface area contributed by atoms with Gasteiger partial charge in [-0.2, -0.15) is 0 Å². The fourth-order valence-corrected chi connectivity index (χ4v) is 8.59. The fraction of sp³-hybridized carbons (Fsp3) is 1.00. The second kappa shape index (κ2) is 8.85. The molecule has 0 bridgehead atoms. The SMILES string of the molecule is CC.CC(O)C(F)(F)CCC1CCC2[C@@H]3CCC4C[C@@](C)(O)CCC4(C)C3CC[C@]12C. The normalized spacial score (nSPS) is 48.0. The van der Waals surface area contributed by atoms with Crippen molar-refractivity contribution in [1.82, 2.24) is 0 Å². The zero-order valence-electron chi connectivity index (χ0n) is 20.9. The minimum absolute atomic E-state index is 0.180. The molecular weight excluding hydrogens is 394 g/mol. The molecule has 0 radical (unpaired) electrons. The van der Waals surface area contributed by atoms with Crippen molar-refractivity contribution in [3.05, 3.63) is 0 Å². The fourth-order valence-electron chi connectivity index (χ4n) is 8.59. The van der Waals surface area contributed by atoms with E-state index in [-0.39, 0.29) is 11.8 Å². The maximum Gasteiger partial charge on any atom is 0.273 e. The molecule has 4 heteroatoms. The lowest BCUT2D eigenvalue weighted by molar-refractivity contribution is -0.148. The second-order valence-corrected chi connectivity index (χ2v) is 12.2. The molecule has 0 amide bonds. The molecule has 0 aliphatic heterocycles. The monoisotopic (exact) mass is 442 g/mol. The van der Waals surface area contributed by atoms with Gasteiger partial charge >= 0.3 is 0 Å². The average molecular weight is 443 g/mol. The Morgan fingerprint density at radius 1 is 0.903 bits per heavy atom. The summed E-state index contributed by atoms with van der Waals surface area (Å²) < 4.78 is 28.1. The minimum Gasteiger partial charge on any atom is -0.390 e. The number of aliphatic hydroxyl groups excluding tert-OH is 1. The van der Waals surface area contributed by atoms with E-state index in [2.05, 4.69) is 13.8 Å². The largest absolute Gasteiger partial charge is 0.390 e. The first-order valence-electron chi connectivity index (χ1n) is 13.2. The summed E-state index contributed by atoms with van der Waals surface area (Å²) in [5.41, 5.74) is 0.0525. The predicted molar refractivity (Wildman–Crippen MR) is 123 cm³/mol. The Morgan fingerprint density at radius 2 is 1.55 bits per heavy atom. The van der Waals surface area contributed by atoms with Crippen LogP contribution in [0.2, 0.25) is 0 Å². The van der Waals surface area contributed by atoms with Crippen LogP contribution in [-0.2, 0) is 0 Å². The molecule has 4 saturated carbocycles. The maximum absolute atomic E-state index is 14.0. The van der Waals surface area contributed by atoms with E-state index in [1.807, 2.05) is 20.8 Å². The van der Waals surface area contributed by atoms with Crippen LogP contribution in [0.5, 0.6) is 0 Å². The summed E-state index contributed by atoms with van der Waals surface area (Å²) in [5.74, 6) is 0.200. The standard InChI is InChI=1S/C25H42F2O2.C2H6/c1-16(28)25(26,27)12-9-17-6-8-20-19-7-5-18-15-22(2,29)13-14-24(18,4)21(19)10-11-23(17,20)3;1-2/h16-21,28-29H,5-15H2,1-4H3;1-2H3/t16?,17?,18?,19-,20?,21?,22-,23+,24?;/m0./s1. The van der Waals surface area contributed by atoms with Crippen molar-refractivity contribution >= 4 is 0 Å². The first-order valence-corrected chi connectivity index (χ1v) is 13.2. The molecule has 4 aliphatic carbocycles. The molecule has 182 valence electrons. The number of fused-ring (bicyclic) bond motifs is 5. The summed E-state index contributed by atoms with van der Waals surface area (Å²) in [6, 6.07) is 0. The second-order valence-electron chi connectivity index (χ2n) is 12.2. The van der Waals surface area contributed by atoms with Crippen LogP contribution >= 0.6 is 0 Å². The topological polar surface area (TPSA) is 40.5 Å². The summed E-state index contributed by atoms with van der Waals surface area (Å²) in [5, 5.41) is 20.0. The third kappa shape index (κ3) is 4.46. The third-order valence-corrected chi connectivity index (χ3v) is 10.6. The van der Waals surface area contributed by atoms with Crippen LogP contribution in [0.3, 0.4) is 0 Å². The highest BCUT2D eigenvalue weighted by molar-refractivity contribution is 5.10. The number of aliphatic hydroxyl groups is 2. The van der Waals surface area contributed by atoms with Gasteiger partial charge in [0.2, 0.25) is 0 Å². The number of halogens is 2. The van der Waals surface area contributed by atoms with E-state index in [4.69, 9.17) is 0 Å². The summed E-state index contributed by atoms with van der Waals surface area (Å²) in [6.07, 6.45) is 8.98. The van der Waals surface area contributed by atoms with E-state index in [1.165, 1.54) is 39.0 Å². The van der Waals surface area contributed by atoms with E-state index in [0.29, 0.717) is 29.6 Å². The molecule has 0 saturated heterocycles. The van der Waals surface area contributed by atoms with E-state index >= 15 is 0 Å². The van der Waals surface area contributed by atoms with Crippen LogP contribution in [0, 0.1) is 40.4 Å². The summed E-state index contributed by atoms with van der Waals surface area (Å²) >= 11 is 0. The van der Waals surface area contributed by atoms with Crippen LogP contribution < -0.4 is 0 Å². The van der Waals surface area contributed by atoms with Crippen molar-refractivity contribution in [2.45, 2.75) is 130 Å². The molecule has 4 aliphatic rings. The molecule has 0 aromatic carbocycles. The number of alkyl halides is 2. The Kier molecular flexibility index (Phi) is 7.26. The molecule has 0 aromatic rings. The summed E-state index contributed by atoms with van der Waals surface area (Å²) in [6.45, 7) is 12.1. The van der Waals surface area contributed by atoms with Gasteiger partial charge in [-0.25, -0.2) is 8.78 Å². The lowest BCUT2D eigenvalue weighted by Gasteiger charge is -2.62. The summed E-state index contributed by atoms with van der Waals surface area (Å²) in [4.78, 5) is 0. The molecule has 9 atom stereocenters. The Morgan fingerprint density at radius 3 is 2.19 bits per heavy atom. The van der Waals surface area contributed by atoms with Gasteiger partial charge in [0, 0.05) is 6.42 Å². The number of hydrogen-bond acceptors (Lipinski definition) is 2. The van der Waals surface area contributed by atoms with Gasteiger partial charge in [-0.05, 0) is 118 Å². The first-order chi connectivity index (χ1) is 14.4. The molecule has 4 rings (SSSR count). The zero-order valence-corrected chi connectivity index (χ0v) is 20.9. The van der Waals surface area contributed by atoms with E-state index in [9.17, 15) is 19.0 Å². The van der Waals surface area contributed by atoms with Crippen molar-refractivity contribution < 1.29 is 19.0 Å². The molecule has 31 heavy (non-hydrogen) atoms. The molecule has 0 heterocycles. The van der Waals surface area contributed by atoms with Gasteiger partial charge in [0.05, 0.1) is 5.60 Å². The van der Waals surface area contributed by atoms with Gasteiger partial charge in [0.1, 0.15) is 6.10 Å². The highest BCUT2D eigenvalue weighted by Crippen LogP contribution is 2.68. The summed E-state index contributed by atoms with van der Waals surface area (Å²) in [7, 11) is 0. The Labute approximate surface area is 189 Å². The number of rotatable bonds is 4. The van der Waals surface area contributed by atoms with Crippen LogP contribution in [-0.4, -0.2) is 27.8 Å². The Bertz CT molecular complexity index is 618. The van der Waals surface area contributed by atoms with Crippen molar-refractivity contribution in [3.8, 4) is 0 Å². The molecule has 4 fully saturated rings. The predicted octanol–water partition coefficient (Wildman–Crippen LogP) is 7.22. The van der Waals surface area contributed by atoms with Crippen molar-refractivity contribution in [1.29, 1.82) is 0 Å². The van der Waals surface area contributed by atoms with Crippen LogP contribution in [0.4, 0.5) is 8.78 Å². The van der Waals surface area contributed by atoms with Gasteiger partial charge in [-0.3, -0.25) is 0 Å². The molecular formula is C27H48F2O2. The average Bonchev–Trinajstić information content (AvgIpc) is 3.05. The van der Waals surface area contributed by atoms with E-state index in [1.54, 1.807) is 0 Å². The van der Waals surface area contributed by atoms with Crippen LogP contribution in [0.25, 0.3) is 0 Å². The first kappa shape index (κ1) is 25.4. The molecule has 2 nitrogen and oxygen atoms in total. The van der Waals surface area contributed by atoms with E-state index < -0.39 is 17.6 Å². The molecule has 2 N–H and O–H groups in total. The van der Waals surface area contributed by atoms with Crippen molar-refractivity contribution in [2.24, 2.45) is 40.4 Å². The van der Waals surface area contributed by atoms with Gasteiger partial charge in [0.25, 0.3) is 5.92 Å². The quantitative estimate of drug-likeness (QED) is 0.482. The van der Waals surface area contributed by atoms with Gasteiger partial charge in [0.15, 0.2) is 0 Å². The Hall–Kier alpha value is -0.220. The maximum atomic E-state index is 14.0. The molecule has 6 unspecified atom stereocenters. The van der Waals surface area contributed by atoms with Crippen molar-refractivity contribution in [2.75, 3.05) is 0 Å². The molecule has 0 aromatic heterocycles. The highest BCUT2D eigenvalue weighted by Gasteiger charge is 2.60.